The van der Waals surface area contributed by atoms with Gasteiger partial charge < -0.3 is 10.4 Å². The summed E-state index contributed by atoms with van der Waals surface area (Å²) in [5.74, 6) is -0.779. The molecule has 23 heavy (non-hydrogen) atoms. The Hall–Kier alpha value is -1.56. The van der Waals surface area contributed by atoms with Gasteiger partial charge in [0.2, 0.25) is 0 Å². The van der Waals surface area contributed by atoms with Crippen molar-refractivity contribution in [2.75, 3.05) is 6.54 Å². The first kappa shape index (κ1) is 19.5. The van der Waals surface area contributed by atoms with Gasteiger partial charge in [-0.05, 0) is 18.4 Å². The van der Waals surface area contributed by atoms with Crippen molar-refractivity contribution in [2.24, 2.45) is 0 Å². The second-order valence-electron chi connectivity index (χ2n) is 4.91. The van der Waals surface area contributed by atoms with Crippen LogP contribution in [-0.4, -0.2) is 47.2 Å². The van der Waals surface area contributed by atoms with Gasteiger partial charge in [-0.25, -0.2) is 0 Å². The molecule has 5 N–H and O–H groups in total. The number of carboxylic acids is 1. The van der Waals surface area contributed by atoms with Crippen LogP contribution in [0.5, 0.6) is 0 Å². The summed E-state index contributed by atoms with van der Waals surface area (Å²) in [5.41, 5.74) is 4.08. The predicted octanol–water partition coefficient (Wildman–Crippen LogP) is 0.260. The van der Waals surface area contributed by atoms with E-state index in [-0.39, 0.29) is 6.04 Å². The van der Waals surface area contributed by atoms with Gasteiger partial charge in [-0.3, -0.25) is 18.7 Å². The number of benzene rings is 1. The van der Waals surface area contributed by atoms with Crippen molar-refractivity contribution in [3.63, 3.8) is 0 Å². The van der Waals surface area contributed by atoms with Gasteiger partial charge in [0.25, 0.3) is 0 Å². The van der Waals surface area contributed by atoms with E-state index in [1.807, 2.05) is 30.3 Å². The first-order valence-electron chi connectivity index (χ1n) is 6.83. The van der Waals surface area contributed by atoms with E-state index in [4.69, 9.17) is 27.5 Å². The molecule has 2 atom stereocenters. The van der Waals surface area contributed by atoms with Crippen molar-refractivity contribution in [2.45, 2.75) is 31.5 Å². The average molecular weight is 348 g/mol. The standard InChI is InChI=1S/C13H18N2O3.H2O4S/c16-13(17)12-7-6-11(8-14-12)15-18-9-10-4-2-1-3-5-10;1-5(2,3)4/h1-5,11-12,14-15H,6-9H2,(H,16,17);(H2,1,2,3,4)/t11-,12+;/m1./s1. The summed E-state index contributed by atoms with van der Waals surface area (Å²) in [7, 11) is -4.67. The number of aliphatic carboxylic acids is 1. The molecule has 0 aromatic heterocycles. The van der Waals surface area contributed by atoms with Crippen LogP contribution in [0.2, 0.25) is 0 Å². The summed E-state index contributed by atoms with van der Waals surface area (Å²) >= 11 is 0. The molecule has 0 aliphatic carbocycles. The molecule has 0 saturated carbocycles. The number of rotatable bonds is 5. The maximum atomic E-state index is 10.7. The molecule has 0 spiro atoms. The lowest BCUT2D eigenvalue weighted by atomic mass is 10.0. The third kappa shape index (κ3) is 9.94. The van der Waals surface area contributed by atoms with E-state index in [0.29, 0.717) is 19.6 Å². The van der Waals surface area contributed by atoms with E-state index in [1.54, 1.807) is 0 Å². The number of carboxylic acid groups (broad SMARTS) is 1. The largest absolute Gasteiger partial charge is 0.480 e. The number of carbonyl (C=O) groups is 1. The SMILES string of the molecule is O=C(O)[C@@H]1CC[C@@H](NOCc2ccccc2)CN1.O=S(=O)(O)O. The zero-order valence-electron chi connectivity index (χ0n) is 12.3. The van der Waals surface area contributed by atoms with E-state index in [2.05, 4.69) is 10.8 Å². The number of hydrogen-bond donors (Lipinski definition) is 5. The Morgan fingerprint density at radius 2 is 1.87 bits per heavy atom. The minimum atomic E-state index is -4.67. The van der Waals surface area contributed by atoms with Gasteiger partial charge in [-0.15, -0.1) is 0 Å². The van der Waals surface area contributed by atoms with E-state index < -0.39 is 22.4 Å². The molecule has 130 valence electrons. The molecule has 0 amide bonds. The highest BCUT2D eigenvalue weighted by Crippen LogP contribution is 2.09. The minimum absolute atomic E-state index is 0.171. The topological polar surface area (TPSA) is 145 Å². The molecular formula is C13H20N2O7S. The summed E-state index contributed by atoms with van der Waals surface area (Å²) in [6, 6.07) is 9.66. The van der Waals surface area contributed by atoms with Gasteiger partial charge in [-0.2, -0.15) is 13.9 Å². The van der Waals surface area contributed by atoms with Crippen molar-refractivity contribution >= 4 is 16.4 Å². The highest BCUT2D eigenvalue weighted by Gasteiger charge is 2.25. The number of piperidine rings is 1. The van der Waals surface area contributed by atoms with Crippen molar-refractivity contribution in [3.05, 3.63) is 35.9 Å². The summed E-state index contributed by atoms with van der Waals surface area (Å²) in [5, 5.41) is 11.8. The van der Waals surface area contributed by atoms with Crippen LogP contribution in [0.1, 0.15) is 18.4 Å². The van der Waals surface area contributed by atoms with Gasteiger partial charge in [0, 0.05) is 12.6 Å². The third-order valence-corrected chi connectivity index (χ3v) is 3.04. The maximum Gasteiger partial charge on any atom is 0.394 e. The molecule has 0 unspecified atom stereocenters. The molecule has 0 bridgehead atoms. The summed E-state index contributed by atoms with van der Waals surface area (Å²) in [6.07, 6.45) is 1.43. The summed E-state index contributed by atoms with van der Waals surface area (Å²) < 4.78 is 31.6. The molecular weight excluding hydrogens is 328 g/mol. The molecule has 9 nitrogen and oxygen atoms in total. The van der Waals surface area contributed by atoms with Gasteiger partial charge >= 0.3 is 16.4 Å². The van der Waals surface area contributed by atoms with Gasteiger partial charge in [0.15, 0.2) is 0 Å². The first-order chi connectivity index (χ1) is 10.8. The van der Waals surface area contributed by atoms with Crippen LogP contribution in [0.3, 0.4) is 0 Å². The van der Waals surface area contributed by atoms with Gasteiger partial charge in [0.05, 0.1) is 6.61 Å². The molecule has 1 aromatic rings. The maximum absolute atomic E-state index is 10.7. The minimum Gasteiger partial charge on any atom is -0.480 e. The summed E-state index contributed by atoms with van der Waals surface area (Å²) in [4.78, 5) is 16.2. The number of hydroxylamine groups is 1. The quantitative estimate of drug-likeness (QED) is 0.373. The Balaban J connectivity index is 0.000000463. The second kappa shape index (κ2) is 9.55. The van der Waals surface area contributed by atoms with Crippen molar-refractivity contribution in [1.29, 1.82) is 0 Å². The Labute approximate surface area is 134 Å². The zero-order chi connectivity index (χ0) is 17.3. The Morgan fingerprint density at radius 3 is 2.35 bits per heavy atom. The van der Waals surface area contributed by atoms with Crippen molar-refractivity contribution in [1.82, 2.24) is 10.8 Å². The predicted molar refractivity (Wildman–Crippen MR) is 81.0 cm³/mol. The number of hydrogen-bond acceptors (Lipinski definition) is 6. The molecule has 1 heterocycles. The van der Waals surface area contributed by atoms with Crippen LogP contribution in [0, 0.1) is 0 Å². The molecule has 1 fully saturated rings. The highest BCUT2D eigenvalue weighted by atomic mass is 32.3. The smallest absolute Gasteiger partial charge is 0.394 e. The van der Waals surface area contributed by atoms with Crippen LogP contribution in [0.4, 0.5) is 0 Å². The lowest BCUT2D eigenvalue weighted by Crippen LogP contribution is -2.50. The zero-order valence-corrected chi connectivity index (χ0v) is 13.1. The second-order valence-corrected chi connectivity index (χ2v) is 5.81. The first-order valence-corrected chi connectivity index (χ1v) is 8.22. The van der Waals surface area contributed by atoms with Crippen molar-refractivity contribution in [3.8, 4) is 0 Å². The molecule has 1 aromatic carbocycles. The van der Waals surface area contributed by atoms with Crippen LogP contribution in [0.25, 0.3) is 0 Å². The van der Waals surface area contributed by atoms with Crippen LogP contribution in [-0.2, 0) is 26.6 Å². The van der Waals surface area contributed by atoms with Gasteiger partial charge in [-0.1, -0.05) is 30.3 Å². The van der Waals surface area contributed by atoms with E-state index >= 15 is 0 Å². The molecule has 10 heteroatoms. The Morgan fingerprint density at radius 1 is 1.26 bits per heavy atom. The summed E-state index contributed by atoms with van der Waals surface area (Å²) in [6.45, 7) is 1.13. The van der Waals surface area contributed by atoms with E-state index in [0.717, 1.165) is 12.0 Å². The van der Waals surface area contributed by atoms with Crippen LogP contribution in [0.15, 0.2) is 30.3 Å². The molecule has 1 aliphatic heterocycles. The molecule has 2 rings (SSSR count). The van der Waals surface area contributed by atoms with Crippen molar-refractivity contribution < 1.29 is 32.3 Å². The molecule has 1 aliphatic rings. The fourth-order valence-electron chi connectivity index (χ4n) is 1.98. The Kier molecular flexibility index (Phi) is 8.09. The van der Waals surface area contributed by atoms with Crippen LogP contribution >= 0.6 is 0 Å². The lowest BCUT2D eigenvalue weighted by molar-refractivity contribution is -0.140. The fraction of sp³-hybridized carbons (Fsp3) is 0.462. The number of nitrogens with one attached hydrogen (secondary N) is 2. The fourth-order valence-corrected chi connectivity index (χ4v) is 1.98. The van der Waals surface area contributed by atoms with Gasteiger partial charge in [0.1, 0.15) is 6.04 Å². The van der Waals surface area contributed by atoms with E-state index in [1.165, 1.54) is 0 Å². The monoisotopic (exact) mass is 348 g/mol. The normalized spacial score (nSPS) is 21.1. The van der Waals surface area contributed by atoms with Crippen LogP contribution < -0.4 is 10.8 Å². The molecule has 0 radical (unpaired) electrons. The Bertz CT molecular complexity index is 563. The van der Waals surface area contributed by atoms with E-state index in [9.17, 15) is 4.79 Å². The third-order valence-electron chi connectivity index (χ3n) is 3.04. The molecule has 1 saturated heterocycles. The highest BCUT2D eigenvalue weighted by molar-refractivity contribution is 7.79. The lowest BCUT2D eigenvalue weighted by Gasteiger charge is -2.27. The average Bonchev–Trinajstić information content (AvgIpc) is 2.47.